The molecule has 1 atom stereocenters. The van der Waals surface area contributed by atoms with Crippen molar-refractivity contribution in [3.63, 3.8) is 0 Å². The van der Waals surface area contributed by atoms with Crippen LogP contribution >= 0.6 is 0 Å². The Hall–Kier alpha value is -1.29. The third kappa shape index (κ3) is 3.60. The fourth-order valence-electron chi connectivity index (χ4n) is 1.25. The summed E-state index contributed by atoms with van der Waals surface area (Å²) < 4.78 is 18.1. The molecule has 0 spiro atoms. The summed E-state index contributed by atoms with van der Waals surface area (Å²) in [4.78, 5) is 0. The molecule has 3 nitrogen and oxygen atoms in total. The number of methoxy groups -OCH3 is 1. The number of benzene rings is 1. The van der Waals surface area contributed by atoms with Crippen LogP contribution in [-0.4, -0.2) is 24.4 Å². The van der Waals surface area contributed by atoms with Crippen molar-refractivity contribution in [2.75, 3.05) is 19.0 Å². The van der Waals surface area contributed by atoms with Crippen LogP contribution in [0, 0.1) is 11.7 Å². The average molecular weight is 241 g/mol. The molecule has 96 valence electrons. The van der Waals surface area contributed by atoms with Gasteiger partial charge in [-0.1, -0.05) is 13.8 Å². The van der Waals surface area contributed by atoms with Gasteiger partial charge in [0.05, 0.1) is 12.7 Å². The minimum absolute atomic E-state index is 0.136. The molecular formula is C13H20FNO2. The Kier molecular flexibility index (Phi) is 4.34. The summed E-state index contributed by atoms with van der Waals surface area (Å²) in [7, 11) is 1.42. The zero-order chi connectivity index (χ0) is 13.1. The first-order valence-corrected chi connectivity index (χ1v) is 5.66. The Labute approximate surface area is 102 Å². The van der Waals surface area contributed by atoms with Crippen molar-refractivity contribution >= 4 is 5.69 Å². The van der Waals surface area contributed by atoms with E-state index in [1.54, 1.807) is 19.1 Å². The number of nitrogens with one attached hydrogen (secondary N) is 1. The lowest BCUT2D eigenvalue weighted by molar-refractivity contribution is 0.0266. The van der Waals surface area contributed by atoms with Crippen molar-refractivity contribution in [1.82, 2.24) is 0 Å². The third-order valence-electron chi connectivity index (χ3n) is 3.05. The predicted octanol–water partition coefficient (Wildman–Crippen LogP) is 2.65. The lowest BCUT2D eigenvalue weighted by Gasteiger charge is -2.28. The van der Waals surface area contributed by atoms with Gasteiger partial charge in [0.1, 0.15) is 0 Å². The summed E-state index contributed by atoms with van der Waals surface area (Å²) in [6.07, 6.45) is 0. The van der Waals surface area contributed by atoms with E-state index in [4.69, 9.17) is 4.74 Å². The average Bonchev–Trinajstić information content (AvgIpc) is 2.28. The molecule has 0 amide bonds. The van der Waals surface area contributed by atoms with Crippen LogP contribution < -0.4 is 10.1 Å². The smallest absolute Gasteiger partial charge is 0.165 e. The van der Waals surface area contributed by atoms with Gasteiger partial charge in [-0.2, -0.15) is 0 Å². The molecule has 0 radical (unpaired) electrons. The van der Waals surface area contributed by atoms with E-state index in [2.05, 4.69) is 5.32 Å². The normalized spacial score (nSPS) is 14.5. The highest BCUT2D eigenvalue weighted by Gasteiger charge is 2.24. The van der Waals surface area contributed by atoms with Crippen molar-refractivity contribution in [3.8, 4) is 5.75 Å². The molecule has 0 aliphatic heterocycles. The standard InChI is InChI=1S/C13H20FNO2/c1-9(2)13(3,16)8-15-10-5-6-11(14)12(7-10)17-4/h5-7,9,15-16H,8H2,1-4H3. The highest BCUT2D eigenvalue weighted by molar-refractivity contribution is 5.49. The van der Waals surface area contributed by atoms with Crippen LogP contribution in [0.4, 0.5) is 10.1 Å². The molecule has 0 heterocycles. The summed E-state index contributed by atoms with van der Waals surface area (Å²) >= 11 is 0. The minimum Gasteiger partial charge on any atom is -0.494 e. The van der Waals surface area contributed by atoms with Gasteiger partial charge in [0.2, 0.25) is 0 Å². The Morgan fingerprint density at radius 1 is 1.47 bits per heavy atom. The second kappa shape index (κ2) is 5.36. The Morgan fingerprint density at radius 2 is 2.12 bits per heavy atom. The van der Waals surface area contributed by atoms with E-state index in [1.807, 2.05) is 13.8 Å². The molecule has 1 rings (SSSR count). The first-order chi connectivity index (χ1) is 7.86. The molecule has 17 heavy (non-hydrogen) atoms. The first-order valence-electron chi connectivity index (χ1n) is 5.66. The molecular weight excluding hydrogens is 221 g/mol. The molecule has 0 aliphatic rings. The van der Waals surface area contributed by atoms with Crippen molar-refractivity contribution in [2.24, 2.45) is 5.92 Å². The van der Waals surface area contributed by atoms with Gasteiger partial charge in [-0.3, -0.25) is 0 Å². The largest absolute Gasteiger partial charge is 0.494 e. The third-order valence-corrected chi connectivity index (χ3v) is 3.05. The van der Waals surface area contributed by atoms with Crippen LogP contribution in [0.25, 0.3) is 0 Å². The molecule has 0 aliphatic carbocycles. The summed E-state index contributed by atoms with van der Waals surface area (Å²) in [6, 6.07) is 4.53. The molecule has 0 aromatic heterocycles. The fraction of sp³-hybridized carbons (Fsp3) is 0.538. The molecule has 1 aromatic carbocycles. The van der Waals surface area contributed by atoms with E-state index in [1.165, 1.54) is 13.2 Å². The Balaban J connectivity index is 2.70. The highest BCUT2D eigenvalue weighted by Crippen LogP contribution is 2.23. The number of aliphatic hydroxyl groups is 1. The summed E-state index contributed by atoms with van der Waals surface area (Å²) in [5.74, 6) is -0.0646. The second-order valence-electron chi connectivity index (χ2n) is 4.71. The van der Waals surface area contributed by atoms with Gasteiger partial charge in [-0.25, -0.2) is 4.39 Å². The van der Waals surface area contributed by atoms with Gasteiger partial charge in [-0.05, 0) is 25.0 Å². The van der Waals surface area contributed by atoms with E-state index in [0.29, 0.717) is 6.54 Å². The van der Waals surface area contributed by atoms with E-state index >= 15 is 0 Å². The molecule has 1 unspecified atom stereocenters. The van der Waals surface area contributed by atoms with Crippen molar-refractivity contribution in [3.05, 3.63) is 24.0 Å². The number of halogens is 1. The number of ether oxygens (including phenoxy) is 1. The van der Waals surface area contributed by atoms with Crippen LogP contribution in [0.5, 0.6) is 5.75 Å². The van der Waals surface area contributed by atoms with Gasteiger partial charge in [0.15, 0.2) is 11.6 Å². The lowest BCUT2D eigenvalue weighted by atomic mass is 9.92. The quantitative estimate of drug-likeness (QED) is 0.832. The molecule has 0 bridgehead atoms. The van der Waals surface area contributed by atoms with Crippen LogP contribution in [0.1, 0.15) is 20.8 Å². The van der Waals surface area contributed by atoms with Gasteiger partial charge in [0.25, 0.3) is 0 Å². The van der Waals surface area contributed by atoms with E-state index in [9.17, 15) is 9.50 Å². The highest BCUT2D eigenvalue weighted by atomic mass is 19.1. The first kappa shape index (κ1) is 13.8. The Morgan fingerprint density at radius 3 is 2.65 bits per heavy atom. The van der Waals surface area contributed by atoms with Crippen molar-refractivity contribution in [1.29, 1.82) is 0 Å². The zero-order valence-corrected chi connectivity index (χ0v) is 10.7. The molecule has 2 N–H and O–H groups in total. The predicted molar refractivity (Wildman–Crippen MR) is 66.9 cm³/mol. The maximum atomic E-state index is 13.2. The zero-order valence-electron chi connectivity index (χ0n) is 10.7. The van der Waals surface area contributed by atoms with E-state index in [-0.39, 0.29) is 11.7 Å². The molecule has 0 fully saturated rings. The topological polar surface area (TPSA) is 41.5 Å². The van der Waals surface area contributed by atoms with Crippen molar-refractivity contribution < 1.29 is 14.2 Å². The van der Waals surface area contributed by atoms with Crippen LogP contribution in [0.15, 0.2) is 18.2 Å². The van der Waals surface area contributed by atoms with Gasteiger partial charge in [-0.15, -0.1) is 0 Å². The summed E-state index contributed by atoms with van der Waals surface area (Å²) in [5.41, 5.74) is -0.0779. The van der Waals surface area contributed by atoms with E-state index in [0.717, 1.165) is 5.69 Å². The maximum Gasteiger partial charge on any atom is 0.165 e. The summed E-state index contributed by atoms with van der Waals surface area (Å²) in [5, 5.41) is 13.1. The number of rotatable bonds is 5. The molecule has 4 heteroatoms. The minimum atomic E-state index is -0.804. The monoisotopic (exact) mass is 241 g/mol. The van der Waals surface area contributed by atoms with Crippen LogP contribution in [0.3, 0.4) is 0 Å². The van der Waals surface area contributed by atoms with Crippen LogP contribution in [-0.2, 0) is 0 Å². The number of hydrogen-bond donors (Lipinski definition) is 2. The number of anilines is 1. The molecule has 0 saturated heterocycles. The molecule has 0 saturated carbocycles. The van der Waals surface area contributed by atoms with E-state index < -0.39 is 11.4 Å². The lowest BCUT2D eigenvalue weighted by Crippen LogP contribution is -2.38. The summed E-state index contributed by atoms with van der Waals surface area (Å²) in [6.45, 7) is 6.07. The Bertz CT molecular complexity index is 378. The second-order valence-corrected chi connectivity index (χ2v) is 4.71. The van der Waals surface area contributed by atoms with Gasteiger partial charge >= 0.3 is 0 Å². The van der Waals surface area contributed by atoms with Crippen LogP contribution in [0.2, 0.25) is 0 Å². The van der Waals surface area contributed by atoms with Gasteiger partial charge < -0.3 is 15.2 Å². The number of hydrogen-bond acceptors (Lipinski definition) is 3. The fourth-order valence-corrected chi connectivity index (χ4v) is 1.25. The van der Waals surface area contributed by atoms with Crippen molar-refractivity contribution in [2.45, 2.75) is 26.4 Å². The SMILES string of the molecule is COc1cc(NCC(C)(O)C(C)C)ccc1F. The maximum absolute atomic E-state index is 13.2. The molecule has 1 aromatic rings. The van der Waals surface area contributed by atoms with Gasteiger partial charge in [0, 0.05) is 18.3 Å².